The molecule has 0 saturated carbocycles. The number of anilines is 1. The highest BCUT2D eigenvalue weighted by atomic mass is 35.5. The first-order valence-corrected chi connectivity index (χ1v) is 15.4. The molecule has 13 heteroatoms. The molecule has 0 aliphatic rings. The summed E-state index contributed by atoms with van der Waals surface area (Å²) < 4.78 is 17.1. The number of carbonyl (C=O) groups excluding carboxylic acids is 2. The van der Waals surface area contributed by atoms with Crippen LogP contribution in [0.4, 0.5) is 5.69 Å². The molecule has 1 N–H and O–H groups in total. The number of nitrogens with zero attached hydrogens (tertiary/aromatic N) is 5. The van der Waals surface area contributed by atoms with Crippen molar-refractivity contribution in [2.75, 3.05) is 26.6 Å². The number of carbonyl (C=O) groups is 2. The predicted octanol–water partition coefficient (Wildman–Crippen LogP) is 7.19. The summed E-state index contributed by atoms with van der Waals surface area (Å²) >= 11 is 13.3. The van der Waals surface area contributed by atoms with Crippen LogP contribution < -0.4 is 10.1 Å². The van der Waals surface area contributed by atoms with Gasteiger partial charge in [0.05, 0.1) is 56.4 Å². The van der Waals surface area contributed by atoms with Gasteiger partial charge >= 0.3 is 11.9 Å². The number of para-hydroxylation sites is 1. The van der Waals surface area contributed by atoms with Crippen molar-refractivity contribution in [3.05, 3.63) is 119 Å². The van der Waals surface area contributed by atoms with Gasteiger partial charge < -0.3 is 19.5 Å². The molecule has 0 aliphatic carbocycles. The van der Waals surface area contributed by atoms with Gasteiger partial charge in [0.1, 0.15) is 16.9 Å². The van der Waals surface area contributed by atoms with Crippen molar-refractivity contribution >= 4 is 51.7 Å². The molecule has 0 bridgehead atoms. The van der Waals surface area contributed by atoms with E-state index < -0.39 is 17.4 Å². The monoisotopic (exact) mass is 682 g/mol. The van der Waals surface area contributed by atoms with Crippen LogP contribution in [0.1, 0.15) is 37.3 Å². The van der Waals surface area contributed by atoms with E-state index in [-0.39, 0.29) is 0 Å². The van der Waals surface area contributed by atoms with Crippen LogP contribution in [0.3, 0.4) is 0 Å². The number of hydrogen-bond donors (Lipinski definition) is 1. The van der Waals surface area contributed by atoms with E-state index in [4.69, 9.17) is 47.5 Å². The molecule has 0 spiro atoms. The molecule has 48 heavy (non-hydrogen) atoms. The van der Waals surface area contributed by atoms with Gasteiger partial charge in [-0.2, -0.15) is 5.10 Å². The first-order valence-electron chi connectivity index (χ1n) is 14.6. The second kappa shape index (κ2) is 14.1. The molecule has 242 valence electrons. The summed E-state index contributed by atoms with van der Waals surface area (Å²) in [6.45, 7) is 0.335. The molecule has 3 aromatic carbocycles. The topological polar surface area (TPSA) is 130 Å². The predicted molar refractivity (Wildman–Crippen MR) is 182 cm³/mol. The van der Waals surface area contributed by atoms with Crippen LogP contribution in [0, 0.1) is 0 Å². The number of halogens is 2. The molecule has 1 unspecified atom stereocenters. The second-order valence-corrected chi connectivity index (χ2v) is 11.3. The molecule has 0 fully saturated rings. The largest absolute Gasteiger partial charge is 0.493 e. The smallest absolute Gasteiger partial charge is 0.337 e. The van der Waals surface area contributed by atoms with Gasteiger partial charge in [0, 0.05) is 22.3 Å². The SMILES string of the molecule is COC(=O)c1cccc(C(Cl)Nc2ccnc(-c3nc(-c4nn(Cc5ccc(C(=O)OC)cc5Cl)c5ccccc45)ncc3OC)c2)c1. The number of rotatable bonds is 10. The zero-order valence-corrected chi connectivity index (χ0v) is 27.5. The number of alkyl halides is 1. The number of aromatic nitrogens is 5. The van der Waals surface area contributed by atoms with Crippen LogP contribution in [0.5, 0.6) is 5.75 Å². The molecule has 0 amide bonds. The molecule has 3 heterocycles. The van der Waals surface area contributed by atoms with Gasteiger partial charge in [-0.25, -0.2) is 19.6 Å². The lowest BCUT2D eigenvalue weighted by Gasteiger charge is -2.15. The highest BCUT2D eigenvalue weighted by molar-refractivity contribution is 6.31. The van der Waals surface area contributed by atoms with Crippen molar-refractivity contribution in [3.8, 4) is 28.7 Å². The van der Waals surface area contributed by atoms with Gasteiger partial charge in [-0.05, 0) is 53.6 Å². The average Bonchev–Trinajstić information content (AvgIpc) is 3.49. The van der Waals surface area contributed by atoms with Crippen LogP contribution in [-0.2, 0) is 16.0 Å². The molecule has 6 rings (SSSR count). The van der Waals surface area contributed by atoms with Crippen LogP contribution in [0.2, 0.25) is 5.02 Å². The lowest BCUT2D eigenvalue weighted by atomic mass is 10.1. The van der Waals surface area contributed by atoms with Gasteiger partial charge in [0.25, 0.3) is 0 Å². The minimum absolute atomic E-state index is 0.335. The Labute approximate surface area is 285 Å². The van der Waals surface area contributed by atoms with Gasteiger partial charge in [-0.3, -0.25) is 9.67 Å². The van der Waals surface area contributed by atoms with E-state index in [9.17, 15) is 9.59 Å². The number of esters is 2. The van der Waals surface area contributed by atoms with Crippen molar-refractivity contribution in [3.63, 3.8) is 0 Å². The number of methoxy groups -OCH3 is 3. The molecule has 6 aromatic rings. The number of hydrogen-bond acceptors (Lipinski definition) is 10. The Balaban J connectivity index is 1.33. The fourth-order valence-corrected chi connectivity index (χ4v) is 5.64. The van der Waals surface area contributed by atoms with E-state index in [1.165, 1.54) is 21.3 Å². The van der Waals surface area contributed by atoms with E-state index in [0.29, 0.717) is 62.6 Å². The van der Waals surface area contributed by atoms with E-state index in [0.717, 1.165) is 16.5 Å². The Morgan fingerprint density at radius 1 is 0.875 bits per heavy atom. The first kappa shape index (κ1) is 32.4. The van der Waals surface area contributed by atoms with E-state index in [1.807, 2.05) is 35.0 Å². The Morgan fingerprint density at radius 3 is 2.40 bits per heavy atom. The summed E-state index contributed by atoms with van der Waals surface area (Å²) in [6, 6.07) is 23.2. The molecular weight excluding hydrogens is 655 g/mol. The summed E-state index contributed by atoms with van der Waals surface area (Å²) in [5.41, 5.74) is 4.56. The van der Waals surface area contributed by atoms with Gasteiger partial charge in [0.2, 0.25) is 0 Å². The van der Waals surface area contributed by atoms with E-state index in [2.05, 4.69) is 15.3 Å². The summed E-state index contributed by atoms with van der Waals surface area (Å²) in [5.74, 6) is -0.138. The Morgan fingerprint density at radius 2 is 1.65 bits per heavy atom. The lowest BCUT2D eigenvalue weighted by Crippen LogP contribution is -2.07. The number of benzene rings is 3. The second-order valence-electron chi connectivity index (χ2n) is 10.5. The standard InChI is InChI=1S/C35H28Cl2N6O5/c1-46-29-18-39-33(30-25-9-4-5-10-28(25)43(42-30)19-23-12-11-22(16-26(23)36)35(45)48-3)41-31(29)27-17-24(13-14-38-27)40-32(37)20-7-6-8-21(15-20)34(44)47-2/h4-18,32H,19H2,1-3H3,(H,38,40). The number of fused-ring (bicyclic) bond motifs is 1. The molecular formula is C35H28Cl2N6O5. The third kappa shape index (κ3) is 6.64. The summed E-state index contributed by atoms with van der Waals surface area (Å²) in [7, 11) is 4.19. The van der Waals surface area contributed by atoms with Crippen molar-refractivity contribution in [2.45, 2.75) is 12.0 Å². The minimum atomic E-state index is -0.659. The molecule has 0 aliphatic heterocycles. The average molecular weight is 684 g/mol. The fourth-order valence-electron chi connectivity index (χ4n) is 5.13. The fraction of sp³-hybridized carbons (Fsp3) is 0.143. The normalized spacial score (nSPS) is 11.6. The zero-order chi connectivity index (χ0) is 33.8. The quantitative estimate of drug-likeness (QED) is 0.0900. The van der Waals surface area contributed by atoms with Crippen LogP contribution in [0.25, 0.3) is 33.8 Å². The highest BCUT2D eigenvalue weighted by Crippen LogP contribution is 2.33. The third-order valence-corrected chi connectivity index (χ3v) is 8.25. The maximum atomic E-state index is 12.0. The maximum Gasteiger partial charge on any atom is 0.337 e. The molecule has 1 atom stereocenters. The van der Waals surface area contributed by atoms with E-state index >= 15 is 0 Å². The lowest BCUT2D eigenvalue weighted by molar-refractivity contribution is 0.0592. The van der Waals surface area contributed by atoms with Crippen molar-refractivity contribution in [1.82, 2.24) is 24.7 Å². The van der Waals surface area contributed by atoms with Crippen LogP contribution in [0.15, 0.2) is 91.3 Å². The molecule has 0 saturated heterocycles. The van der Waals surface area contributed by atoms with Gasteiger partial charge in [0.15, 0.2) is 11.6 Å². The van der Waals surface area contributed by atoms with Crippen LogP contribution >= 0.6 is 23.2 Å². The third-order valence-electron chi connectivity index (χ3n) is 7.54. The summed E-state index contributed by atoms with van der Waals surface area (Å²) in [5, 5.41) is 9.38. The zero-order valence-electron chi connectivity index (χ0n) is 26.0. The number of ether oxygens (including phenoxy) is 3. The first-order chi connectivity index (χ1) is 23.3. The Hall–Kier alpha value is -5.52. The molecule has 0 radical (unpaired) electrons. The summed E-state index contributed by atoms with van der Waals surface area (Å²) in [6.07, 6.45) is 3.21. The van der Waals surface area contributed by atoms with Crippen molar-refractivity contribution < 1.29 is 23.8 Å². The van der Waals surface area contributed by atoms with Gasteiger partial charge in [-0.1, -0.05) is 59.6 Å². The molecule has 3 aromatic heterocycles. The molecule has 11 nitrogen and oxygen atoms in total. The number of pyridine rings is 1. The van der Waals surface area contributed by atoms with Crippen molar-refractivity contribution in [2.24, 2.45) is 0 Å². The van der Waals surface area contributed by atoms with Gasteiger partial charge in [-0.15, -0.1) is 0 Å². The maximum absolute atomic E-state index is 12.0. The van der Waals surface area contributed by atoms with Crippen molar-refractivity contribution in [1.29, 1.82) is 0 Å². The Bertz CT molecular complexity index is 2150. The van der Waals surface area contributed by atoms with Crippen LogP contribution in [-0.4, -0.2) is 58.0 Å². The highest BCUT2D eigenvalue weighted by Gasteiger charge is 2.20. The number of nitrogens with one attached hydrogen (secondary N) is 1. The minimum Gasteiger partial charge on any atom is -0.493 e. The van der Waals surface area contributed by atoms with E-state index in [1.54, 1.807) is 60.9 Å². The Kier molecular flexibility index (Phi) is 9.51. The summed E-state index contributed by atoms with van der Waals surface area (Å²) in [4.78, 5) is 38.0.